The van der Waals surface area contributed by atoms with Crippen LogP contribution >= 0.6 is 0 Å². The zero-order chi connectivity index (χ0) is 14.1. The molecule has 0 saturated carbocycles. The van der Waals surface area contributed by atoms with Gasteiger partial charge < -0.3 is 19.9 Å². The summed E-state index contributed by atoms with van der Waals surface area (Å²) < 4.78 is 11.0. The minimum atomic E-state index is -0.224. The molecule has 0 radical (unpaired) electrons. The number of aliphatic hydroxyl groups excluding tert-OH is 1. The normalized spacial score (nSPS) is 12.2. The highest BCUT2D eigenvalue weighted by Gasteiger charge is 2.09. The van der Waals surface area contributed by atoms with Gasteiger partial charge in [0.25, 0.3) is 0 Å². The van der Waals surface area contributed by atoms with E-state index in [9.17, 15) is 5.11 Å². The van der Waals surface area contributed by atoms with Gasteiger partial charge in [0.2, 0.25) is 0 Å². The first-order valence-corrected chi connectivity index (χ1v) is 6.86. The molecule has 0 aliphatic carbocycles. The molecule has 0 aliphatic heterocycles. The summed E-state index contributed by atoms with van der Waals surface area (Å²) >= 11 is 0. The summed E-state index contributed by atoms with van der Waals surface area (Å²) in [7, 11) is 1.66. The molecule has 1 unspecified atom stereocenters. The molecule has 0 saturated heterocycles. The van der Waals surface area contributed by atoms with Crippen molar-refractivity contribution < 1.29 is 14.6 Å². The lowest BCUT2D eigenvalue weighted by molar-refractivity contribution is 0.181. The highest BCUT2D eigenvalue weighted by molar-refractivity contribution is 5.46. The average Bonchev–Trinajstić information content (AvgIpc) is 2.38. The van der Waals surface area contributed by atoms with E-state index in [0.29, 0.717) is 6.61 Å². The molecule has 1 aromatic carbocycles. The Balaban J connectivity index is 2.50. The van der Waals surface area contributed by atoms with E-state index in [4.69, 9.17) is 9.47 Å². The minimum Gasteiger partial charge on any atom is -0.493 e. The molecule has 0 heterocycles. The van der Waals surface area contributed by atoms with Crippen molar-refractivity contribution in [2.45, 2.75) is 39.3 Å². The third-order valence-corrected chi connectivity index (χ3v) is 2.86. The third-order valence-electron chi connectivity index (χ3n) is 2.86. The van der Waals surface area contributed by atoms with E-state index < -0.39 is 0 Å². The number of nitrogens with one attached hydrogen (secondary N) is 1. The van der Waals surface area contributed by atoms with Gasteiger partial charge in [-0.3, -0.25) is 0 Å². The minimum absolute atomic E-state index is 0.224. The van der Waals surface area contributed by atoms with Gasteiger partial charge in [0, 0.05) is 12.1 Å². The topological polar surface area (TPSA) is 50.7 Å². The maximum Gasteiger partial charge on any atom is 0.165 e. The van der Waals surface area contributed by atoms with E-state index in [1.54, 1.807) is 7.11 Å². The first kappa shape index (κ1) is 15.8. The molecule has 2 N–H and O–H groups in total. The molecule has 0 fully saturated rings. The van der Waals surface area contributed by atoms with Crippen LogP contribution in [0, 0.1) is 0 Å². The predicted octanol–water partition coefficient (Wildman–Crippen LogP) is 2.34. The second kappa shape index (κ2) is 8.77. The second-order valence-electron chi connectivity index (χ2n) is 4.55. The summed E-state index contributed by atoms with van der Waals surface area (Å²) in [5.41, 5.74) is 1.09. The molecule has 0 amide bonds. The molecule has 19 heavy (non-hydrogen) atoms. The van der Waals surface area contributed by atoms with Crippen LogP contribution in [0.3, 0.4) is 0 Å². The fourth-order valence-corrected chi connectivity index (χ4v) is 1.95. The summed E-state index contributed by atoms with van der Waals surface area (Å²) in [5.74, 6) is 1.58. The maximum absolute atomic E-state index is 9.18. The Hall–Kier alpha value is -1.26. The summed E-state index contributed by atoms with van der Waals surface area (Å²) in [6.45, 7) is 6.02. The van der Waals surface area contributed by atoms with Crippen molar-refractivity contribution in [3.05, 3.63) is 23.8 Å². The number of hydrogen-bond donors (Lipinski definition) is 2. The van der Waals surface area contributed by atoms with Gasteiger partial charge in [-0.25, -0.2) is 0 Å². The van der Waals surface area contributed by atoms with Gasteiger partial charge in [0.15, 0.2) is 11.5 Å². The van der Waals surface area contributed by atoms with Crippen molar-refractivity contribution >= 4 is 0 Å². The van der Waals surface area contributed by atoms with E-state index in [0.717, 1.165) is 43.0 Å². The second-order valence-corrected chi connectivity index (χ2v) is 4.55. The van der Waals surface area contributed by atoms with Crippen molar-refractivity contribution in [2.24, 2.45) is 0 Å². The quantitative estimate of drug-likeness (QED) is 0.674. The van der Waals surface area contributed by atoms with Crippen molar-refractivity contribution in [1.82, 2.24) is 5.32 Å². The molecule has 4 nitrogen and oxygen atoms in total. The molecule has 0 bridgehead atoms. The standard InChI is InChI=1S/C15H25NO3/c1-4-19-14-9-5-8-13(15(14)18-3)11-16-10-6-7-12(2)17/h5,8-9,12,16-17H,4,6-7,10-11H2,1-3H3. The summed E-state index contributed by atoms with van der Waals surface area (Å²) in [6, 6.07) is 5.92. The number of methoxy groups -OCH3 is 1. The van der Waals surface area contributed by atoms with Gasteiger partial charge in [0.1, 0.15) is 0 Å². The van der Waals surface area contributed by atoms with E-state index in [1.165, 1.54) is 0 Å². The van der Waals surface area contributed by atoms with Crippen LogP contribution in [0.4, 0.5) is 0 Å². The lowest BCUT2D eigenvalue weighted by Crippen LogP contribution is -2.17. The van der Waals surface area contributed by atoms with Gasteiger partial charge in [-0.15, -0.1) is 0 Å². The Morgan fingerprint density at radius 1 is 1.37 bits per heavy atom. The maximum atomic E-state index is 9.18. The lowest BCUT2D eigenvalue weighted by Gasteiger charge is -2.14. The van der Waals surface area contributed by atoms with Crippen molar-refractivity contribution in [2.75, 3.05) is 20.3 Å². The number of ether oxygens (including phenoxy) is 2. The molecule has 1 rings (SSSR count). The van der Waals surface area contributed by atoms with Crippen LogP contribution < -0.4 is 14.8 Å². The van der Waals surface area contributed by atoms with Crippen LogP contribution in [0.15, 0.2) is 18.2 Å². The Kier molecular flexibility index (Phi) is 7.30. The lowest BCUT2D eigenvalue weighted by atomic mass is 10.1. The monoisotopic (exact) mass is 267 g/mol. The van der Waals surface area contributed by atoms with Gasteiger partial charge in [-0.05, 0) is 39.3 Å². The Morgan fingerprint density at radius 3 is 2.79 bits per heavy atom. The Bertz CT molecular complexity index is 366. The fourth-order valence-electron chi connectivity index (χ4n) is 1.95. The number of benzene rings is 1. The van der Waals surface area contributed by atoms with Gasteiger partial charge in [-0.2, -0.15) is 0 Å². The number of hydrogen-bond acceptors (Lipinski definition) is 4. The summed E-state index contributed by atoms with van der Waals surface area (Å²) in [6.07, 6.45) is 1.56. The van der Waals surface area contributed by atoms with E-state index in [2.05, 4.69) is 5.32 Å². The van der Waals surface area contributed by atoms with Crippen LogP contribution in [0.1, 0.15) is 32.3 Å². The summed E-state index contributed by atoms with van der Waals surface area (Å²) in [5, 5.41) is 12.5. The number of para-hydroxylation sites is 1. The molecule has 0 aromatic heterocycles. The van der Waals surface area contributed by atoms with E-state index in [-0.39, 0.29) is 6.10 Å². The highest BCUT2D eigenvalue weighted by atomic mass is 16.5. The van der Waals surface area contributed by atoms with Crippen molar-refractivity contribution in [1.29, 1.82) is 0 Å². The van der Waals surface area contributed by atoms with Gasteiger partial charge in [-0.1, -0.05) is 12.1 Å². The zero-order valence-corrected chi connectivity index (χ0v) is 12.1. The summed E-state index contributed by atoms with van der Waals surface area (Å²) in [4.78, 5) is 0. The first-order chi connectivity index (χ1) is 9.19. The number of aliphatic hydroxyl groups is 1. The fraction of sp³-hybridized carbons (Fsp3) is 0.600. The molecule has 0 aliphatic rings. The average molecular weight is 267 g/mol. The van der Waals surface area contributed by atoms with Crippen LogP contribution in [0.5, 0.6) is 11.5 Å². The molecule has 108 valence electrons. The van der Waals surface area contributed by atoms with Crippen LogP contribution in [0.25, 0.3) is 0 Å². The molecular weight excluding hydrogens is 242 g/mol. The van der Waals surface area contributed by atoms with Gasteiger partial charge >= 0.3 is 0 Å². The third kappa shape index (κ3) is 5.49. The molecular formula is C15H25NO3. The molecule has 0 spiro atoms. The zero-order valence-electron chi connectivity index (χ0n) is 12.1. The van der Waals surface area contributed by atoms with Crippen molar-refractivity contribution in [3.63, 3.8) is 0 Å². The van der Waals surface area contributed by atoms with E-state index in [1.807, 2.05) is 32.0 Å². The molecule has 4 heteroatoms. The number of rotatable bonds is 9. The van der Waals surface area contributed by atoms with E-state index >= 15 is 0 Å². The van der Waals surface area contributed by atoms with Gasteiger partial charge in [0.05, 0.1) is 19.8 Å². The molecule has 1 atom stereocenters. The highest BCUT2D eigenvalue weighted by Crippen LogP contribution is 2.30. The predicted molar refractivity (Wildman–Crippen MR) is 76.8 cm³/mol. The molecule has 1 aromatic rings. The Labute approximate surface area is 115 Å². The van der Waals surface area contributed by atoms with Crippen molar-refractivity contribution in [3.8, 4) is 11.5 Å². The SMILES string of the molecule is CCOc1cccc(CNCCCC(C)O)c1OC. The van der Waals surface area contributed by atoms with Crippen LogP contribution in [0.2, 0.25) is 0 Å². The smallest absolute Gasteiger partial charge is 0.165 e. The first-order valence-electron chi connectivity index (χ1n) is 6.86. The Morgan fingerprint density at radius 2 is 2.16 bits per heavy atom. The van der Waals surface area contributed by atoms with Crippen LogP contribution in [-0.4, -0.2) is 31.5 Å². The largest absolute Gasteiger partial charge is 0.493 e. The van der Waals surface area contributed by atoms with Crippen LogP contribution in [-0.2, 0) is 6.54 Å².